The number of hydrogen-bond donors (Lipinski definition) is 3. The summed E-state index contributed by atoms with van der Waals surface area (Å²) in [5, 5.41) is 6.41. The highest BCUT2D eigenvalue weighted by Crippen LogP contribution is 2.28. The highest BCUT2D eigenvalue weighted by atomic mass is 16.5. The van der Waals surface area contributed by atoms with E-state index in [4.69, 9.17) is 9.47 Å². The van der Waals surface area contributed by atoms with E-state index in [-0.39, 0.29) is 30.9 Å². The number of esters is 2. The van der Waals surface area contributed by atoms with Gasteiger partial charge in [0.25, 0.3) is 0 Å². The largest absolute Gasteiger partial charge is 0.463 e. The minimum atomic E-state index is -0.709. The van der Waals surface area contributed by atoms with E-state index in [0.717, 1.165) is 22.0 Å². The standard InChI is InChI=1S/C25H25N3O5/c1-2-32-24(30)22-20(27-25(31)28-23(22)16-8-4-3-5-9-16)15-33-21(29)13-12-17-14-26-19-11-7-6-10-18(17)19/h3-11,14,23,26H,2,12-13,15H2,1H3,(H2,27,28,31)/t23-/m0/s1. The van der Waals surface area contributed by atoms with Crippen LogP contribution in [0.5, 0.6) is 0 Å². The van der Waals surface area contributed by atoms with E-state index < -0.39 is 24.0 Å². The lowest BCUT2D eigenvalue weighted by molar-refractivity contribution is -0.143. The van der Waals surface area contributed by atoms with Crippen molar-refractivity contribution in [3.8, 4) is 0 Å². The van der Waals surface area contributed by atoms with Crippen LogP contribution in [-0.2, 0) is 25.5 Å². The first-order valence-corrected chi connectivity index (χ1v) is 10.8. The zero-order valence-electron chi connectivity index (χ0n) is 18.2. The molecule has 3 aromatic rings. The summed E-state index contributed by atoms with van der Waals surface area (Å²) in [5.74, 6) is -1.01. The van der Waals surface area contributed by atoms with Gasteiger partial charge in [-0.05, 0) is 30.5 Å². The van der Waals surface area contributed by atoms with Crippen LogP contribution in [0.25, 0.3) is 10.9 Å². The van der Waals surface area contributed by atoms with Crippen molar-refractivity contribution in [2.45, 2.75) is 25.8 Å². The summed E-state index contributed by atoms with van der Waals surface area (Å²) in [7, 11) is 0. The number of carbonyl (C=O) groups excluding carboxylic acids is 3. The average Bonchev–Trinajstić information content (AvgIpc) is 3.25. The van der Waals surface area contributed by atoms with Crippen molar-refractivity contribution in [2.24, 2.45) is 0 Å². The second-order valence-corrected chi connectivity index (χ2v) is 7.58. The maximum absolute atomic E-state index is 12.7. The second kappa shape index (κ2) is 10.0. The van der Waals surface area contributed by atoms with Gasteiger partial charge in [0.1, 0.15) is 6.61 Å². The SMILES string of the molecule is CCOC(=O)C1=C(COC(=O)CCc2c[nH]c3ccccc23)NC(=O)N[C@H]1c1ccccc1. The number of aromatic nitrogens is 1. The minimum Gasteiger partial charge on any atom is -0.463 e. The molecule has 0 saturated carbocycles. The van der Waals surface area contributed by atoms with Gasteiger partial charge in [0.2, 0.25) is 0 Å². The molecule has 0 unspecified atom stereocenters. The number of amides is 2. The monoisotopic (exact) mass is 447 g/mol. The highest BCUT2D eigenvalue weighted by Gasteiger charge is 2.34. The van der Waals surface area contributed by atoms with Crippen LogP contribution < -0.4 is 10.6 Å². The first-order valence-electron chi connectivity index (χ1n) is 10.8. The molecule has 4 rings (SSSR count). The van der Waals surface area contributed by atoms with Crippen molar-refractivity contribution in [1.82, 2.24) is 15.6 Å². The molecular formula is C25H25N3O5. The Balaban J connectivity index is 1.48. The fraction of sp³-hybridized carbons (Fsp3) is 0.240. The van der Waals surface area contributed by atoms with Gasteiger partial charge >= 0.3 is 18.0 Å². The van der Waals surface area contributed by atoms with Gasteiger partial charge < -0.3 is 25.1 Å². The third-order valence-corrected chi connectivity index (χ3v) is 5.43. The lowest BCUT2D eigenvalue weighted by Gasteiger charge is -2.29. The number of H-pyrrole nitrogens is 1. The van der Waals surface area contributed by atoms with Crippen LogP contribution in [0, 0.1) is 0 Å². The summed E-state index contributed by atoms with van der Waals surface area (Å²) in [6.07, 6.45) is 2.56. The van der Waals surface area contributed by atoms with Crippen molar-refractivity contribution in [1.29, 1.82) is 0 Å². The Morgan fingerprint density at radius 3 is 2.55 bits per heavy atom. The lowest BCUT2D eigenvalue weighted by Crippen LogP contribution is -2.47. The Kier molecular flexibility index (Phi) is 6.73. The molecule has 3 N–H and O–H groups in total. The Bertz CT molecular complexity index is 1200. The molecule has 8 heteroatoms. The second-order valence-electron chi connectivity index (χ2n) is 7.58. The first kappa shape index (κ1) is 22.1. The van der Waals surface area contributed by atoms with E-state index in [9.17, 15) is 14.4 Å². The highest BCUT2D eigenvalue weighted by molar-refractivity contribution is 5.95. The maximum atomic E-state index is 12.7. The summed E-state index contributed by atoms with van der Waals surface area (Å²) in [5.41, 5.74) is 3.18. The molecule has 0 aliphatic carbocycles. The van der Waals surface area contributed by atoms with Crippen molar-refractivity contribution < 1.29 is 23.9 Å². The van der Waals surface area contributed by atoms with E-state index in [1.807, 2.05) is 48.7 Å². The number of aryl methyl sites for hydroxylation is 1. The molecule has 2 heterocycles. The van der Waals surface area contributed by atoms with E-state index in [2.05, 4.69) is 15.6 Å². The molecule has 0 spiro atoms. The summed E-state index contributed by atoms with van der Waals surface area (Å²) in [4.78, 5) is 40.7. The molecule has 1 atom stereocenters. The fourth-order valence-corrected chi connectivity index (χ4v) is 3.88. The van der Waals surface area contributed by atoms with Crippen LogP contribution in [0.1, 0.15) is 30.5 Å². The molecule has 0 radical (unpaired) electrons. The van der Waals surface area contributed by atoms with Crippen molar-refractivity contribution >= 4 is 28.9 Å². The van der Waals surface area contributed by atoms with Crippen LogP contribution >= 0.6 is 0 Å². The first-order chi connectivity index (χ1) is 16.1. The topological polar surface area (TPSA) is 110 Å². The molecule has 170 valence electrons. The van der Waals surface area contributed by atoms with Gasteiger partial charge in [-0.15, -0.1) is 0 Å². The van der Waals surface area contributed by atoms with Crippen molar-refractivity contribution in [2.75, 3.05) is 13.2 Å². The molecule has 2 amide bonds. The summed E-state index contributed by atoms with van der Waals surface area (Å²) in [6, 6.07) is 15.8. The number of benzene rings is 2. The Hall–Kier alpha value is -4.07. The summed E-state index contributed by atoms with van der Waals surface area (Å²) >= 11 is 0. The molecule has 1 aliphatic rings. The van der Waals surface area contributed by atoms with Crippen LogP contribution in [0.4, 0.5) is 4.79 Å². The van der Waals surface area contributed by atoms with E-state index in [1.165, 1.54) is 0 Å². The quantitative estimate of drug-likeness (QED) is 0.458. The Morgan fingerprint density at radius 1 is 1.00 bits per heavy atom. The van der Waals surface area contributed by atoms with Crippen LogP contribution in [0.15, 0.2) is 72.1 Å². The van der Waals surface area contributed by atoms with E-state index in [1.54, 1.807) is 19.1 Å². The van der Waals surface area contributed by atoms with Gasteiger partial charge in [-0.25, -0.2) is 9.59 Å². The summed E-state index contributed by atoms with van der Waals surface area (Å²) in [6.45, 7) is 1.64. The predicted octanol–water partition coefficient (Wildman–Crippen LogP) is 3.52. The lowest BCUT2D eigenvalue weighted by atomic mass is 9.95. The van der Waals surface area contributed by atoms with Gasteiger partial charge in [-0.1, -0.05) is 48.5 Å². The van der Waals surface area contributed by atoms with Crippen LogP contribution in [0.2, 0.25) is 0 Å². The van der Waals surface area contributed by atoms with Crippen LogP contribution in [0.3, 0.4) is 0 Å². The number of urea groups is 1. The number of rotatable bonds is 8. The molecule has 0 bridgehead atoms. The van der Waals surface area contributed by atoms with Gasteiger partial charge in [-0.3, -0.25) is 4.79 Å². The van der Waals surface area contributed by atoms with E-state index >= 15 is 0 Å². The van der Waals surface area contributed by atoms with Crippen molar-refractivity contribution in [3.05, 3.63) is 83.2 Å². The van der Waals surface area contributed by atoms with Crippen molar-refractivity contribution in [3.63, 3.8) is 0 Å². The number of fused-ring (bicyclic) bond motifs is 1. The van der Waals surface area contributed by atoms with E-state index in [0.29, 0.717) is 6.42 Å². The Morgan fingerprint density at radius 2 is 1.76 bits per heavy atom. The average molecular weight is 447 g/mol. The number of para-hydroxylation sites is 1. The molecular weight excluding hydrogens is 422 g/mol. The van der Waals surface area contributed by atoms with Gasteiger partial charge in [0.05, 0.1) is 23.9 Å². The third kappa shape index (κ3) is 5.06. The van der Waals surface area contributed by atoms with Crippen LogP contribution in [-0.4, -0.2) is 36.2 Å². The number of aromatic amines is 1. The molecule has 8 nitrogen and oxygen atoms in total. The molecule has 33 heavy (non-hydrogen) atoms. The van der Waals surface area contributed by atoms with Gasteiger partial charge in [-0.2, -0.15) is 0 Å². The molecule has 2 aromatic carbocycles. The number of carbonyl (C=O) groups is 3. The molecule has 0 saturated heterocycles. The maximum Gasteiger partial charge on any atom is 0.338 e. The number of ether oxygens (including phenoxy) is 2. The molecule has 1 aliphatic heterocycles. The summed E-state index contributed by atoms with van der Waals surface area (Å²) < 4.78 is 10.6. The minimum absolute atomic E-state index is 0.165. The predicted molar refractivity (Wildman–Crippen MR) is 122 cm³/mol. The third-order valence-electron chi connectivity index (χ3n) is 5.43. The van der Waals surface area contributed by atoms with Gasteiger partial charge in [0.15, 0.2) is 0 Å². The smallest absolute Gasteiger partial charge is 0.338 e. The number of hydrogen-bond acceptors (Lipinski definition) is 5. The molecule has 1 aromatic heterocycles. The number of nitrogens with one attached hydrogen (secondary N) is 3. The zero-order chi connectivity index (χ0) is 23.2. The Labute approximate surface area is 191 Å². The fourth-order valence-electron chi connectivity index (χ4n) is 3.88. The van der Waals surface area contributed by atoms with Gasteiger partial charge in [0, 0.05) is 23.5 Å². The normalized spacial score (nSPS) is 15.7. The zero-order valence-corrected chi connectivity index (χ0v) is 18.2. The molecule has 0 fully saturated rings.